The van der Waals surface area contributed by atoms with E-state index in [4.69, 9.17) is 4.74 Å². The zero-order chi connectivity index (χ0) is 25.4. The minimum absolute atomic E-state index is 0.0276. The Bertz CT molecular complexity index is 1310. The number of benzene rings is 3. The fraction of sp³-hybridized carbons (Fsp3) is 0.167. The molecule has 0 aromatic heterocycles. The molecule has 10 nitrogen and oxygen atoms in total. The summed E-state index contributed by atoms with van der Waals surface area (Å²) in [5, 5.41) is 15.1. The molecular formula is C24H24N4O6S. The number of carbonyl (C=O) groups is 1. The monoisotopic (exact) mass is 496 g/mol. The van der Waals surface area contributed by atoms with Crippen LogP contribution in [0.25, 0.3) is 0 Å². The number of sulfonamides is 1. The van der Waals surface area contributed by atoms with Crippen LogP contribution in [0.4, 0.5) is 11.4 Å². The average Bonchev–Trinajstić information content (AvgIpc) is 2.87. The third-order valence-electron chi connectivity index (χ3n) is 4.90. The zero-order valence-corrected chi connectivity index (χ0v) is 19.9. The van der Waals surface area contributed by atoms with Gasteiger partial charge in [0.2, 0.25) is 0 Å². The first-order chi connectivity index (χ1) is 16.7. The highest BCUT2D eigenvalue weighted by molar-refractivity contribution is 7.92. The predicted octanol–water partition coefficient (Wildman–Crippen LogP) is 3.73. The first-order valence-electron chi connectivity index (χ1n) is 10.6. The van der Waals surface area contributed by atoms with Crippen molar-refractivity contribution in [1.29, 1.82) is 0 Å². The topological polar surface area (TPSA) is 131 Å². The van der Waals surface area contributed by atoms with Gasteiger partial charge in [0.15, 0.2) is 0 Å². The quantitative estimate of drug-likeness (QED) is 0.258. The molecule has 0 aliphatic carbocycles. The third kappa shape index (κ3) is 6.42. The van der Waals surface area contributed by atoms with Crippen molar-refractivity contribution in [3.63, 3.8) is 0 Å². The molecule has 0 fully saturated rings. The van der Waals surface area contributed by atoms with Gasteiger partial charge >= 0.3 is 0 Å². The molecule has 1 amide bonds. The largest absolute Gasteiger partial charge is 0.494 e. The minimum Gasteiger partial charge on any atom is -0.494 e. The van der Waals surface area contributed by atoms with Crippen LogP contribution >= 0.6 is 0 Å². The van der Waals surface area contributed by atoms with Crippen LogP contribution in [0.3, 0.4) is 0 Å². The molecule has 0 bridgehead atoms. The maximum Gasteiger partial charge on any atom is 0.269 e. The second kappa shape index (κ2) is 11.3. The van der Waals surface area contributed by atoms with Gasteiger partial charge in [-0.1, -0.05) is 18.2 Å². The molecule has 3 aromatic rings. The predicted molar refractivity (Wildman–Crippen MR) is 132 cm³/mol. The maximum absolute atomic E-state index is 13.3. The number of nitro benzene ring substituents is 1. The first-order valence-corrected chi connectivity index (χ1v) is 12.0. The van der Waals surface area contributed by atoms with Gasteiger partial charge < -0.3 is 4.74 Å². The van der Waals surface area contributed by atoms with E-state index < -0.39 is 27.4 Å². The number of nitrogens with one attached hydrogen (secondary N) is 1. The summed E-state index contributed by atoms with van der Waals surface area (Å²) in [5.41, 5.74) is 3.53. The summed E-state index contributed by atoms with van der Waals surface area (Å²) < 4.78 is 32.9. The van der Waals surface area contributed by atoms with Gasteiger partial charge in [-0.3, -0.25) is 19.2 Å². The number of ether oxygens (including phenoxy) is 1. The van der Waals surface area contributed by atoms with Gasteiger partial charge in [-0.05, 0) is 67.9 Å². The summed E-state index contributed by atoms with van der Waals surface area (Å²) in [5.74, 6) is 0.0195. The van der Waals surface area contributed by atoms with E-state index in [9.17, 15) is 23.3 Å². The number of nitrogens with zero attached hydrogens (tertiary/aromatic N) is 3. The van der Waals surface area contributed by atoms with E-state index in [1.54, 1.807) is 49.4 Å². The number of carbonyl (C=O) groups excluding carboxylic acids is 1. The lowest BCUT2D eigenvalue weighted by molar-refractivity contribution is -0.384. The van der Waals surface area contributed by atoms with Crippen LogP contribution in [0.2, 0.25) is 0 Å². The van der Waals surface area contributed by atoms with Crippen LogP contribution < -0.4 is 14.5 Å². The van der Waals surface area contributed by atoms with Crippen molar-refractivity contribution in [3.8, 4) is 5.75 Å². The summed E-state index contributed by atoms with van der Waals surface area (Å²) in [7, 11) is -4.14. The summed E-state index contributed by atoms with van der Waals surface area (Å²) in [4.78, 5) is 23.1. The maximum atomic E-state index is 13.3. The number of hydrazone groups is 1. The average molecular weight is 497 g/mol. The Morgan fingerprint density at radius 1 is 1.03 bits per heavy atom. The number of rotatable bonds is 10. The Morgan fingerprint density at radius 2 is 1.66 bits per heavy atom. The molecule has 0 aliphatic heterocycles. The van der Waals surface area contributed by atoms with Gasteiger partial charge in [0.25, 0.3) is 21.6 Å². The molecule has 0 saturated heterocycles. The van der Waals surface area contributed by atoms with Crippen LogP contribution in [0.1, 0.15) is 19.4 Å². The number of hydrogen-bond acceptors (Lipinski definition) is 7. The van der Waals surface area contributed by atoms with Gasteiger partial charge in [-0.25, -0.2) is 13.8 Å². The summed E-state index contributed by atoms with van der Waals surface area (Å²) in [6.45, 7) is 3.54. The van der Waals surface area contributed by atoms with E-state index in [0.29, 0.717) is 18.1 Å². The molecule has 3 rings (SSSR count). The summed E-state index contributed by atoms with van der Waals surface area (Å²) >= 11 is 0. The fourth-order valence-electron chi connectivity index (χ4n) is 3.11. The van der Waals surface area contributed by atoms with E-state index >= 15 is 0 Å². The van der Waals surface area contributed by atoms with Crippen molar-refractivity contribution >= 4 is 33.0 Å². The standard InChI is InChI=1S/C24H24N4O6S/c1-3-34-22-15-9-19(10-16-22)18(2)25-26-24(29)17-27(20-11-13-21(14-12-20)28(30)31)35(32,33)23-7-5-4-6-8-23/h4-16H,3,17H2,1-2H3,(H,26,29)/b25-18-. The zero-order valence-electron chi connectivity index (χ0n) is 19.1. The van der Waals surface area contributed by atoms with Crippen molar-refractivity contribution in [1.82, 2.24) is 5.43 Å². The molecule has 0 spiro atoms. The van der Waals surface area contributed by atoms with Crippen LogP contribution in [-0.2, 0) is 14.8 Å². The van der Waals surface area contributed by atoms with E-state index in [2.05, 4.69) is 10.5 Å². The fourth-order valence-corrected chi connectivity index (χ4v) is 4.55. The lowest BCUT2D eigenvalue weighted by Crippen LogP contribution is -2.39. The molecule has 0 heterocycles. The lowest BCUT2D eigenvalue weighted by atomic mass is 10.1. The van der Waals surface area contributed by atoms with Gasteiger partial charge in [-0.2, -0.15) is 5.10 Å². The highest BCUT2D eigenvalue weighted by atomic mass is 32.2. The molecule has 0 radical (unpaired) electrons. The van der Waals surface area contributed by atoms with E-state index in [1.165, 1.54) is 36.4 Å². The van der Waals surface area contributed by atoms with Crippen LogP contribution in [-0.4, -0.2) is 38.1 Å². The van der Waals surface area contributed by atoms with Crippen molar-refractivity contribution in [2.45, 2.75) is 18.7 Å². The molecule has 0 atom stereocenters. The summed E-state index contributed by atoms with van der Waals surface area (Å²) in [6.07, 6.45) is 0. The normalized spacial score (nSPS) is 11.5. The SMILES string of the molecule is CCOc1ccc(/C(C)=N\NC(=O)CN(c2ccc([N+](=O)[O-])cc2)S(=O)(=O)c2ccccc2)cc1. The Balaban J connectivity index is 1.83. The second-order valence-corrected chi connectivity index (χ2v) is 9.15. The molecule has 1 N–H and O–H groups in total. The van der Waals surface area contributed by atoms with Crippen LogP contribution in [0, 0.1) is 10.1 Å². The number of amides is 1. The molecule has 0 aliphatic rings. The first kappa shape index (κ1) is 25.4. The van der Waals surface area contributed by atoms with E-state index in [1.807, 2.05) is 6.92 Å². The van der Waals surface area contributed by atoms with Crippen LogP contribution in [0.15, 0.2) is 88.9 Å². The van der Waals surface area contributed by atoms with Crippen molar-refractivity contribution < 1.29 is 22.9 Å². The molecule has 11 heteroatoms. The number of anilines is 1. The van der Waals surface area contributed by atoms with Crippen LogP contribution in [0.5, 0.6) is 5.75 Å². The van der Waals surface area contributed by atoms with E-state index in [-0.39, 0.29) is 16.3 Å². The van der Waals surface area contributed by atoms with Gasteiger partial charge in [0.1, 0.15) is 12.3 Å². The number of hydrogen-bond donors (Lipinski definition) is 1. The van der Waals surface area contributed by atoms with Crippen molar-refractivity contribution in [3.05, 3.63) is 94.5 Å². The Morgan fingerprint density at radius 3 is 2.23 bits per heavy atom. The molecule has 182 valence electrons. The van der Waals surface area contributed by atoms with Gasteiger partial charge in [0, 0.05) is 12.1 Å². The Kier molecular flexibility index (Phi) is 8.16. The minimum atomic E-state index is -4.14. The van der Waals surface area contributed by atoms with Crippen molar-refractivity contribution in [2.24, 2.45) is 5.10 Å². The molecule has 0 saturated carbocycles. The highest BCUT2D eigenvalue weighted by Gasteiger charge is 2.27. The Labute approximate surface area is 203 Å². The molecule has 3 aromatic carbocycles. The lowest BCUT2D eigenvalue weighted by Gasteiger charge is -2.23. The van der Waals surface area contributed by atoms with Gasteiger partial charge in [-0.15, -0.1) is 0 Å². The van der Waals surface area contributed by atoms with Crippen molar-refractivity contribution in [2.75, 3.05) is 17.5 Å². The highest BCUT2D eigenvalue weighted by Crippen LogP contribution is 2.25. The number of non-ortho nitro benzene ring substituents is 1. The second-order valence-electron chi connectivity index (χ2n) is 7.29. The molecule has 0 unspecified atom stereocenters. The smallest absolute Gasteiger partial charge is 0.269 e. The molecular weight excluding hydrogens is 472 g/mol. The van der Waals surface area contributed by atoms with Gasteiger partial charge in [0.05, 0.1) is 27.8 Å². The van der Waals surface area contributed by atoms with E-state index in [0.717, 1.165) is 9.87 Å². The summed E-state index contributed by atoms with van der Waals surface area (Å²) in [6, 6.07) is 19.6. The Hall–Kier alpha value is -4.25. The number of nitro groups is 1. The molecule has 35 heavy (non-hydrogen) atoms. The third-order valence-corrected chi connectivity index (χ3v) is 6.69.